The van der Waals surface area contributed by atoms with Gasteiger partial charge in [-0.3, -0.25) is 0 Å². The van der Waals surface area contributed by atoms with Crippen LogP contribution in [-0.2, 0) is 4.74 Å². The van der Waals surface area contributed by atoms with Gasteiger partial charge in [-0.05, 0) is 6.07 Å². The van der Waals surface area contributed by atoms with Gasteiger partial charge in [-0.15, -0.1) is 11.3 Å². The van der Waals surface area contributed by atoms with E-state index in [2.05, 4.69) is 4.74 Å². The summed E-state index contributed by atoms with van der Waals surface area (Å²) in [5, 5.41) is 20.4. The monoisotopic (exact) mass is 231 g/mol. The molecule has 2 unspecified atom stereocenters. The molecule has 0 spiro atoms. The van der Waals surface area contributed by atoms with E-state index in [1.165, 1.54) is 24.5 Å². The molecule has 1 aromatic heterocycles. The van der Waals surface area contributed by atoms with Crippen LogP contribution in [0.5, 0.6) is 0 Å². The number of methoxy groups -OCH3 is 1. The Labute approximate surface area is 91.1 Å². The van der Waals surface area contributed by atoms with E-state index in [0.29, 0.717) is 10.4 Å². The van der Waals surface area contributed by atoms with Gasteiger partial charge in [0.05, 0.1) is 18.8 Å². The second kappa shape index (κ2) is 5.22. The fourth-order valence-electron chi connectivity index (χ4n) is 1.05. The van der Waals surface area contributed by atoms with Crippen LogP contribution in [0.25, 0.3) is 0 Å². The van der Waals surface area contributed by atoms with Gasteiger partial charge in [0.25, 0.3) is 0 Å². The lowest BCUT2D eigenvalue weighted by molar-refractivity contribution is 0.0265. The van der Waals surface area contributed by atoms with E-state index in [1.807, 2.05) is 0 Å². The van der Waals surface area contributed by atoms with E-state index in [0.717, 1.165) is 0 Å². The van der Waals surface area contributed by atoms with E-state index in [1.54, 1.807) is 5.38 Å². The summed E-state index contributed by atoms with van der Waals surface area (Å²) < 4.78 is 4.52. The minimum absolute atomic E-state index is 0.0351. The minimum Gasteiger partial charge on any atom is -0.465 e. The van der Waals surface area contributed by atoms with Crippen molar-refractivity contribution in [3.05, 3.63) is 21.9 Å². The Hall–Kier alpha value is -0.950. The molecular weight excluding hydrogens is 218 g/mol. The van der Waals surface area contributed by atoms with E-state index >= 15 is 0 Å². The van der Waals surface area contributed by atoms with E-state index in [-0.39, 0.29) is 6.54 Å². The smallest absolute Gasteiger partial charge is 0.338 e. The Kier molecular flexibility index (Phi) is 4.22. The molecule has 1 aromatic rings. The molecule has 1 heterocycles. The zero-order valence-electron chi connectivity index (χ0n) is 8.21. The lowest BCUT2D eigenvalue weighted by Crippen LogP contribution is -2.26. The van der Waals surface area contributed by atoms with Crippen LogP contribution in [-0.4, -0.2) is 35.9 Å². The SMILES string of the molecule is COC(=O)c1csc(C(O)C(O)CN)c1. The summed E-state index contributed by atoms with van der Waals surface area (Å²) >= 11 is 1.18. The highest BCUT2D eigenvalue weighted by atomic mass is 32.1. The predicted octanol–water partition coefficient (Wildman–Crippen LogP) is -0.112. The fraction of sp³-hybridized carbons (Fsp3) is 0.444. The summed E-state index contributed by atoms with van der Waals surface area (Å²) in [5.74, 6) is -0.466. The molecule has 15 heavy (non-hydrogen) atoms. The third-order valence-corrected chi connectivity index (χ3v) is 2.94. The summed E-state index contributed by atoms with van der Waals surface area (Å²) in [7, 11) is 1.28. The highest BCUT2D eigenvalue weighted by molar-refractivity contribution is 7.10. The molecule has 0 amide bonds. The third kappa shape index (κ3) is 2.75. The molecule has 2 atom stereocenters. The van der Waals surface area contributed by atoms with Gasteiger partial charge in [0, 0.05) is 16.8 Å². The van der Waals surface area contributed by atoms with Gasteiger partial charge in [-0.1, -0.05) is 0 Å². The van der Waals surface area contributed by atoms with Gasteiger partial charge < -0.3 is 20.7 Å². The number of carbonyl (C=O) groups is 1. The van der Waals surface area contributed by atoms with Gasteiger partial charge in [0.1, 0.15) is 6.10 Å². The summed E-state index contributed by atoms with van der Waals surface area (Å²) in [6.45, 7) is -0.0351. The molecule has 0 aromatic carbocycles. The number of rotatable bonds is 4. The van der Waals surface area contributed by atoms with Crippen LogP contribution in [0.2, 0.25) is 0 Å². The quantitative estimate of drug-likeness (QED) is 0.629. The molecule has 84 valence electrons. The lowest BCUT2D eigenvalue weighted by atomic mass is 10.1. The topological polar surface area (TPSA) is 92.8 Å². The number of aliphatic hydroxyl groups excluding tert-OH is 2. The average Bonchev–Trinajstić information content (AvgIpc) is 2.75. The Morgan fingerprint density at radius 1 is 1.67 bits per heavy atom. The van der Waals surface area contributed by atoms with Crippen molar-refractivity contribution in [1.29, 1.82) is 0 Å². The maximum atomic E-state index is 11.1. The minimum atomic E-state index is -1.06. The molecule has 0 bridgehead atoms. The van der Waals surface area contributed by atoms with Crippen LogP contribution in [0, 0.1) is 0 Å². The van der Waals surface area contributed by atoms with Crippen molar-refractivity contribution >= 4 is 17.3 Å². The number of hydrogen-bond donors (Lipinski definition) is 3. The summed E-state index contributed by atoms with van der Waals surface area (Å²) in [6, 6.07) is 1.49. The largest absolute Gasteiger partial charge is 0.465 e. The fourth-order valence-corrected chi connectivity index (χ4v) is 1.97. The number of aliphatic hydroxyl groups is 2. The summed E-state index contributed by atoms with van der Waals surface area (Å²) in [6.07, 6.45) is -2.08. The molecule has 0 aliphatic heterocycles. The maximum Gasteiger partial charge on any atom is 0.338 e. The van der Waals surface area contributed by atoms with E-state index in [9.17, 15) is 15.0 Å². The van der Waals surface area contributed by atoms with Crippen LogP contribution in [0.1, 0.15) is 21.3 Å². The first-order valence-electron chi connectivity index (χ1n) is 4.33. The second-order valence-electron chi connectivity index (χ2n) is 2.98. The zero-order chi connectivity index (χ0) is 11.4. The first-order chi connectivity index (χ1) is 7.10. The molecule has 0 saturated carbocycles. The molecule has 1 rings (SSSR count). The normalized spacial score (nSPS) is 14.7. The van der Waals surface area contributed by atoms with Crippen LogP contribution >= 0.6 is 11.3 Å². The molecular formula is C9H13NO4S. The first-order valence-corrected chi connectivity index (χ1v) is 5.21. The molecule has 6 heteroatoms. The molecule has 0 radical (unpaired) electrons. The summed E-state index contributed by atoms with van der Waals surface area (Å²) in [4.78, 5) is 11.6. The number of carbonyl (C=O) groups excluding carboxylic acids is 1. The van der Waals surface area contributed by atoms with Crippen molar-refractivity contribution in [2.24, 2.45) is 5.73 Å². The number of ether oxygens (including phenoxy) is 1. The van der Waals surface area contributed by atoms with Crippen LogP contribution in [0.15, 0.2) is 11.4 Å². The van der Waals surface area contributed by atoms with Crippen LogP contribution < -0.4 is 5.73 Å². The van der Waals surface area contributed by atoms with Gasteiger partial charge in [-0.25, -0.2) is 4.79 Å². The van der Waals surface area contributed by atoms with Gasteiger partial charge in [0.2, 0.25) is 0 Å². The predicted molar refractivity (Wildman–Crippen MR) is 55.7 cm³/mol. The Morgan fingerprint density at radius 2 is 2.33 bits per heavy atom. The average molecular weight is 231 g/mol. The molecule has 4 N–H and O–H groups in total. The standard InChI is InChI=1S/C9H13NO4S/c1-14-9(13)5-2-7(15-4-5)8(12)6(11)3-10/h2,4,6,8,11-12H,3,10H2,1H3. The summed E-state index contributed by atoms with van der Waals surface area (Å²) in [5.41, 5.74) is 5.57. The Bertz CT molecular complexity index is 339. The number of esters is 1. The highest BCUT2D eigenvalue weighted by Gasteiger charge is 2.20. The van der Waals surface area contributed by atoms with Crippen molar-refractivity contribution in [3.8, 4) is 0 Å². The maximum absolute atomic E-state index is 11.1. The van der Waals surface area contributed by atoms with E-state index in [4.69, 9.17) is 5.73 Å². The highest BCUT2D eigenvalue weighted by Crippen LogP contribution is 2.24. The third-order valence-electron chi connectivity index (χ3n) is 1.94. The molecule has 0 aliphatic rings. The van der Waals surface area contributed by atoms with Crippen molar-refractivity contribution in [1.82, 2.24) is 0 Å². The Balaban J connectivity index is 2.79. The molecule has 5 nitrogen and oxygen atoms in total. The number of thiophene rings is 1. The number of nitrogens with two attached hydrogens (primary N) is 1. The van der Waals surface area contributed by atoms with Crippen molar-refractivity contribution in [2.75, 3.05) is 13.7 Å². The van der Waals surface area contributed by atoms with Crippen molar-refractivity contribution in [3.63, 3.8) is 0 Å². The van der Waals surface area contributed by atoms with Gasteiger partial charge in [0.15, 0.2) is 0 Å². The Morgan fingerprint density at radius 3 is 2.87 bits per heavy atom. The zero-order valence-corrected chi connectivity index (χ0v) is 9.03. The van der Waals surface area contributed by atoms with E-state index < -0.39 is 18.2 Å². The van der Waals surface area contributed by atoms with Crippen molar-refractivity contribution < 1.29 is 19.7 Å². The lowest BCUT2D eigenvalue weighted by Gasteiger charge is -2.13. The van der Waals surface area contributed by atoms with Crippen LogP contribution in [0.4, 0.5) is 0 Å². The molecule has 0 saturated heterocycles. The second-order valence-corrected chi connectivity index (χ2v) is 3.92. The van der Waals surface area contributed by atoms with Crippen LogP contribution in [0.3, 0.4) is 0 Å². The van der Waals surface area contributed by atoms with Gasteiger partial charge in [-0.2, -0.15) is 0 Å². The van der Waals surface area contributed by atoms with Gasteiger partial charge >= 0.3 is 5.97 Å². The number of hydrogen-bond acceptors (Lipinski definition) is 6. The molecule has 0 fully saturated rings. The first kappa shape index (κ1) is 12.1. The van der Waals surface area contributed by atoms with Crippen molar-refractivity contribution in [2.45, 2.75) is 12.2 Å². The molecule has 0 aliphatic carbocycles.